The molecular weight excluding hydrogens is 262 g/mol. The van der Waals surface area contributed by atoms with Crippen LogP contribution in [0.5, 0.6) is 5.75 Å². The van der Waals surface area contributed by atoms with Gasteiger partial charge in [-0.15, -0.1) is 0 Å². The van der Waals surface area contributed by atoms with Gasteiger partial charge in [0, 0.05) is 11.1 Å². The van der Waals surface area contributed by atoms with Crippen LogP contribution >= 0.6 is 0 Å². The molecule has 0 aliphatic heterocycles. The molecule has 0 heterocycles. The van der Waals surface area contributed by atoms with Crippen LogP contribution in [-0.4, -0.2) is 7.11 Å². The van der Waals surface area contributed by atoms with E-state index in [1.54, 1.807) is 24.3 Å². The molecule has 1 unspecified atom stereocenters. The van der Waals surface area contributed by atoms with Gasteiger partial charge in [-0.05, 0) is 19.1 Å². The first-order valence-electron chi connectivity index (χ1n) is 6.13. The predicted octanol–water partition coefficient (Wildman–Crippen LogP) is 2.83. The Bertz CT molecular complexity index is 617. The van der Waals surface area contributed by atoms with Crippen LogP contribution in [-0.2, 0) is 0 Å². The van der Waals surface area contributed by atoms with Crippen LogP contribution in [0.25, 0.3) is 0 Å². The Morgan fingerprint density at radius 1 is 1.15 bits per heavy atom. The van der Waals surface area contributed by atoms with Gasteiger partial charge in [-0.2, -0.15) is 0 Å². The van der Waals surface area contributed by atoms with E-state index in [9.17, 15) is 8.78 Å². The van der Waals surface area contributed by atoms with Crippen molar-refractivity contribution in [2.75, 3.05) is 7.11 Å². The maximum Gasteiger partial charge on any atom is 0.170 e. The molecule has 3 N–H and O–H groups in total. The fourth-order valence-corrected chi connectivity index (χ4v) is 2.14. The van der Waals surface area contributed by atoms with Crippen LogP contribution < -0.4 is 16.0 Å². The number of hydrogen-bond donors (Lipinski definition) is 2. The summed E-state index contributed by atoms with van der Waals surface area (Å²) in [5.74, 6) is 4.59. The van der Waals surface area contributed by atoms with Gasteiger partial charge in [0.2, 0.25) is 0 Å². The molecule has 0 saturated heterocycles. The molecule has 0 bridgehead atoms. The number of rotatable bonds is 4. The number of nitrogens with one attached hydrogen (secondary N) is 1. The molecule has 0 aliphatic carbocycles. The van der Waals surface area contributed by atoms with Crippen molar-refractivity contribution in [3.05, 3.63) is 64.7 Å². The van der Waals surface area contributed by atoms with Crippen LogP contribution in [0, 0.1) is 18.6 Å². The number of halogens is 2. The van der Waals surface area contributed by atoms with Crippen molar-refractivity contribution in [3.8, 4) is 5.75 Å². The zero-order chi connectivity index (χ0) is 14.7. The fraction of sp³-hybridized carbons (Fsp3) is 0.200. The SMILES string of the molecule is COc1cccc(C(NN)c2cc(C)ccc2F)c1F. The number of aryl methyl sites for hydroxylation is 1. The zero-order valence-corrected chi connectivity index (χ0v) is 11.3. The first kappa shape index (κ1) is 14.4. The smallest absolute Gasteiger partial charge is 0.170 e. The predicted molar refractivity (Wildman–Crippen MR) is 73.3 cm³/mol. The molecule has 0 aromatic heterocycles. The molecule has 0 aliphatic rings. The quantitative estimate of drug-likeness (QED) is 0.668. The lowest BCUT2D eigenvalue weighted by atomic mass is 9.96. The van der Waals surface area contributed by atoms with Gasteiger partial charge in [-0.1, -0.05) is 29.8 Å². The molecule has 2 aromatic rings. The molecule has 5 heteroatoms. The maximum atomic E-state index is 14.3. The third kappa shape index (κ3) is 2.64. The number of ether oxygens (including phenoxy) is 1. The maximum absolute atomic E-state index is 14.3. The molecule has 3 nitrogen and oxygen atoms in total. The molecular formula is C15H16F2N2O. The summed E-state index contributed by atoms with van der Waals surface area (Å²) in [7, 11) is 1.38. The van der Waals surface area contributed by atoms with E-state index in [0.717, 1.165) is 5.56 Å². The van der Waals surface area contributed by atoms with Crippen LogP contribution in [0.3, 0.4) is 0 Å². The minimum atomic E-state index is -0.787. The molecule has 0 spiro atoms. The number of hydrazine groups is 1. The van der Waals surface area contributed by atoms with Crippen molar-refractivity contribution in [1.29, 1.82) is 0 Å². The molecule has 106 valence electrons. The van der Waals surface area contributed by atoms with Crippen LogP contribution in [0.1, 0.15) is 22.7 Å². The highest BCUT2D eigenvalue weighted by atomic mass is 19.1. The van der Waals surface area contributed by atoms with Gasteiger partial charge >= 0.3 is 0 Å². The first-order valence-corrected chi connectivity index (χ1v) is 6.13. The minimum Gasteiger partial charge on any atom is -0.494 e. The lowest BCUT2D eigenvalue weighted by molar-refractivity contribution is 0.381. The van der Waals surface area contributed by atoms with E-state index in [2.05, 4.69) is 5.43 Å². The second-order valence-electron chi connectivity index (χ2n) is 4.49. The van der Waals surface area contributed by atoms with Crippen molar-refractivity contribution in [2.24, 2.45) is 5.84 Å². The third-order valence-electron chi connectivity index (χ3n) is 3.15. The number of nitrogens with two attached hydrogens (primary N) is 1. The highest BCUT2D eigenvalue weighted by molar-refractivity contribution is 5.39. The summed E-state index contributed by atoms with van der Waals surface area (Å²) in [6, 6.07) is 8.52. The number of hydrogen-bond acceptors (Lipinski definition) is 3. The topological polar surface area (TPSA) is 47.3 Å². The van der Waals surface area contributed by atoms with Gasteiger partial charge < -0.3 is 4.74 Å². The third-order valence-corrected chi connectivity index (χ3v) is 3.15. The number of benzene rings is 2. The Morgan fingerprint density at radius 2 is 1.90 bits per heavy atom. The van der Waals surface area contributed by atoms with Crippen LogP contribution in [0.2, 0.25) is 0 Å². The summed E-state index contributed by atoms with van der Waals surface area (Å²) in [4.78, 5) is 0. The molecule has 0 fully saturated rings. The van der Waals surface area contributed by atoms with E-state index in [-0.39, 0.29) is 11.3 Å². The largest absolute Gasteiger partial charge is 0.494 e. The van der Waals surface area contributed by atoms with E-state index >= 15 is 0 Å². The summed E-state index contributed by atoms with van der Waals surface area (Å²) < 4.78 is 33.2. The molecule has 0 saturated carbocycles. The Labute approximate surface area is 116 Å². The van der Waals surface area contributed by atoms with E-state index in [0.29, 0.717) is 5.56 Å². The van der Waals surface area contributed by atoms with Crippen molar-refractivity contribution >= 4 is 0 Å². The molecule has 0 amide bonds. The monoisotopic (exact) mass is 278 g/mol. The zero-order valence-electron chi connectivity index (χ0n) is 11.3. The van der Waals surface area contributed by atoms with Gasteiger partial charge in [0.25, 0.3) is 0 Å². The van der Waals surface area contributed by atoms with E-state index in [4.69, 9.17) is 10.6 Å². The lowest BCUT2D eigenvalue weighted by Crippen LogP contribution is -2.30. The number of methoxy groups -OCH3 is 1. The van der Waals surface area contributed by atoms with Gasteiger partial charge in [0.05, 0.1) is 13.2 Å². The molecule has 20 heavy (non-hydrogen) atoms. The van der Waals surface area contributed by atoms with E-state index in [1.165, 1.54) is 19.2 Å². The van der Waals surface area contributed by atoms with Crippen LogP contribution in [0.15, 0.2) is 36.4 Å². The van der Waals surface area contributed by atoms with Gasteiger partial charge in [-0.3, -0.25) is 5.84 Å². The Morgan fingerprint density at radius 3 is 2.55 bits per heavy atom. The van der Waals surface area contributed by atoms with Crippen molar-refractivity contribution < 1.29 is 13.5 Å². The van der Waals surface area contributed by atoms with Crippen molar-refractivity contribution in [3.63, 3.8) is 0 Å². The second kappa shape index (κ2) is 5.98. The Balaban J connectivity index is 2.55. The Kier molecular flexibility index (Phi) is 4.32. The van der Waals surface area contributed by atoms with Crippen LogP contribution in [0.4, 0.5) is 8.78 Å². The summed E-state index contributed by atoms with van der Waals surface area (Å²) in [5, 5.41) is 0. The second-order valence-corrected chi connectivity index (χ2v) is 4.49. The van der Waals surface area contributed by atoms with Crippen molar-refractivity contribution in [1.82, 2.24) is 5.43 Å². The standard InChI is InChI=1S/C15H16F2N2O/c1-9-6-7-12(16)11(8-9)15(19-18)10-4-3-5-13(20-2)14(10)17/h3-8,15,19H,18H2,1-2H3. The average molecular weight is 278 g/mol. The molecule has 2 aromatic carbocycles. The minimum absolute atomic E-state index is 0.0933. The molecule has 0 radical (unpaired) electrons. The van der Waals surface area contributed by atoms with E-state index in [1.807, 2.05) is 6.92 Å². The highest BCUT2D eigenvalue weighted by Crippen LogP contribution is 2.30. The summed E-state index contributed by atoms with van der Waals surface area (Å²) in [5.41, 5.74) is 3.85. The summed E-state index contributed by atoms with van der Waals surface area (Å²) in [6.45, 7) is 1.83. The van der Waals surface area contributed by atoms with Crippen molar-refractivity contribution in [2.45, 2.75) is 13.0 Å². The Hall–Kier alpha value is -1.98. The van der Waals surface area contributed by atoms with Gasteiger partial charge in [-0.25, -0.2) is 14.2 Å². The van der Waals surface area contributed by atoms with Gasteiger partial charge in [0.15, 0.2) is 11.6 Å². The first-order chi connectivity index (χ1) is 9.58. The summed E-state index contributed by atoms with van der Waals surface area (Å²) >= 11 is 0. The molecule has 1 atom stereocenters. The van der Waals surface area contributed by atoms with Gasteiger partial charge in [0.1, 0.15) is 5.82 Å². The fourth-order valence-electron chi connectivity index (χ4n) is 2.14. The highest BCUT2D eigenvalue weighted by Gasteiger charge is 2.22. The van der Waals surface area contributed by atoms with E-state index < -0.39 is 17.7 Å². The lowest BCUT2D eigenvalue weighted by Gasteiger charge is -2.19. The normalized spacial score (nSPS) is 12.2. The molecule has 2 rings (SSSR count). The summed E-state index contributed by atoms with van der Waals surface area (Å²) in [6.07, 6.45) is 0. The average Bonchev–Trinajstić information content (AvgIpc) is 2.45.